The van der Waals surface area contributed by atoms with Gasteiger partial charge < -0.3 is 15.1 Å². The predicted molar refractivity (Wildman–Crippen MR) is 121 cm³/mol. The first-order chi connectivity index (χ1) is 14.0. The summed E-state index contributed by atoms with van der Waals surface area (Å²) in [6.07, 6.45) is 6.83. The molecule has 0 aliphatic carbocycles. The number of rotatable bonds is 5. The molecule has 3 heterocycles. The molecular weight excluding hydrogens is 404 g/mol. The molecule has 1 fully saturated rings. The molecule has 5 nitrogen and oxygen atoms in total. The number of piperazine rings is 1. The van der Waals surface area contributed by atoms with Gasteiger partial charge in [0.05, 0.1) is 11.4 Å². The molecule has 1 unspecified atom stereocenters. The number of carbonyl (C=O) groups excluding carboxylic acids is 1. The fourth-order valence-corrected chi connectivity index (χ4v) is 4.80. The summed E-state index contributed by atoms with van der Waals surface area (Å²) < 4.78 is 0. The van der Waals surface area contributed by atoms with Crippen LogP contribution in [0.5, 0.6) is 0 Å². The summed E-state index contributed by atoms with van der Waals surface area (Å²) in [5.41, 5.74) is 3.57. The van der Waals surface area contributed by atoms with Crippen molar-refractivity contribution in [2.75, 3.05) is 38.5 Å². The third-order valence-corrected chi connectivity index (χ3v) is 6.65. The van der Waals surface area contributed by atoms with Crippen LogP contribution in [0, 0.1) is 0 Å². The Labute approximate surface area is 182 Å². The predicted octanol–water partition coefficient (Wildman–Crippen LogP) is 3.57. The van der Waals surface area contributed by atoms with E-state index in [4.69, 9.17) is 11.6 Å². The summed E-state index contributed by atoms with van der Waals surface area (Å²) >= 11 is 7.97. The second-order valence-corrected chi connectivity index (χ2v) is 9.20. The Morgan fingerprint density at radius 2 is 1.93 bits per heavy atom. The van der Waals surface area contributed by atoms with Crippen molar-refractivity contribution < 1.29 is 4.79 Å². The first-order valence-electron chi connectivity index (χ1n) is 10.1. The molecule has 0 radical (unpaired) electrons. The number of benzene rings is 1. The van der Waals surface area contributed by atoms with Gasteiger partial charge >= 0.3 is 0 Å². The second kappa shape index (κ2) is 8.86. The lowest BCUT2D eigenvalue weighted by atomic mass is 10.1. The topological polar surface area (TPSA) is 38.8 Å². The Morgan fingerprint density at radius 1 is 1.21 bits per heavy atom. The molecule has 154 valence electrons. The summed E-state index contributed by atoms with van der Waals surface area (Å²) in [7, 11) is 0. The minimum absolute atomic E-state index is 0.135. The summed E-state index contributed by atoms with van der Waals surface area (Å²) in [4.78, 5) is 19.7. The van der Waals surface area contributed by atoms with Crippen LogP contribution in [0.4, 0.5) is 0 Å². The van der Waals surface area contributed by atoms with E-state index in [9.17, 15) is 4.79 Å². The van der Waals surface area contributed by atoms with Crippen molar-refractivity contribution in [1.29, 1.82) is 0 Å². The van der Waals surface area contributed by atoms with Gasteiger partial charge in [-0.15, -0.1) is 11.8 Å². The van der Waals surface area contributed by atoms with Crippen molar-refractivity contribution in [3.8, 4) is 0 Å². The van der Waals surface area contributed by atoms with Crippen LogP contribution in [-0.4, -0.2) is 65.2 Å². The third kappa shape index (κ3) is 4.49. The molecule has 0 spiro atoms. The van der Waals surface area contributed by atoms with E-state index in [1.54, 1.807) is 6.92 Å². The molecule has 1 saturated heterocycles. The van der Waals surface area contributed by atoms with E-state index in [2.05, 4.69) is 52.5 Å². The van der Waals surface area contributed by atoms with E-state index < -0.39 is 0 Å². The Balaban J connectivity index is 1.61. The zero-order valence-corrected chi connectivity index (χ0v) is 18.5. The fourth-order valence-electron chi connectivity index (χ4n) is 3.97. The third-order valence-electron chi connectivity index (χ3n) is 5.54. The number of carbonyl (C=O) groups is 1. The van der Waals surface area contributed by atoms with Gasteiger partial charge in [0.2, 0.25) is 5.91 Å². The van der Waals surface area contributed by atoms with Gasteiger partial charge in [-0.05, 0) is 35.6 Å². The van der Waals surface area contributed by atoms with Gasteiger partial charge in [0, 0.05) is 55.8 Å². The first-order valence-corrected chi connectivity index (χ1v) is 11.5. The summed E-state index contributed by atoms with van der Waals surface area (Å²) in [6, 6.07) is 8.03. The Hall–Kier alpha value is -1.89. The van der Waals surface area contributed by atoms with E-state index in [0.717, 1.165) is 54.8 Å². The van der Waals surface area contributed by atoms with E-state index >= 15 is 0 Å². The Morgan fingerprint density at radius 3 is 2.59 bits per heavy atom. The van der Waals surface area contributed by atoms with Gasteiger partial charge in [-0.3, -0.25) is 9.69 Å². The normalized spacial score (nSPS) is 21.9. The van der Waals surface area contributed by atoms with Crippen molar-refractivity contribution in [1.82, 2.24) is 20.0 Å². The average molecular weight is 431 g/mol. The van der Waals surface area contributed by atoms with E-state index in [0.29, 0.717) is 0 Å². The molecule has 3 aliphatic rings. The maximum absolute atomic E-state index is 11.7. The molecule has 3 aliphatic heterocycles. The van der Waals surface area contributed by atoms with Crippen LogP contribution < -0.4 is 5.32 Å². The number of thioether (sulfide) groups is 1. The summed E-state index contributed by atoms with van der Waals surface area (Å²) in [5, 5.41) is 4.43. The Bertz CT molecular complexity index is 856. The zero-order valence-electron chi connectivity index (χ0n) is 16.9. The monoisotopic (exact) mass is 430 g/mol. The number of hydrogen-bond donors (Lipinski definition) is 1. The van der Waals surface area contributed by atoms with Crippen molar-refractivity contribution in [3.05, 3.63) is 63.8 Å². The maximum Gasteiger partial charge on any atom is 0.219 e. The van der Waals surface area contributed by atoms with Crippen LogP contribution in [0.2, 0.25) is 5.02 Å². The molecule has 0 bridgehead atoms. The molecule has 1 aromatic carbocycles. The van der Waals surface area contributed by atoms with Crippen LogP contribution in [0.1, 0.15) is 19.4 Å². The van der Waals surface area contributed by atoms with Crippen LogP contribution in [0.25, 0.3) is 5.70 Å². The van der Waals surface area contributed by atoms with Gasteiger partial charge in [-0.2, -0.15) is 0 Å². The molecule has 1 atom stereocenters. The number of hydrogen-bond acceptors (Lipinski definition) is 5. The molecule has 1 aromatic rings. The zero-order chi connectivity index (χ0) is 20.4. The number of amides is 1. The maximum atomic E-state index is 11.7. The van der Waals surface area contributed by atoms with E-state index in [1.807, 2.05) is 28.8 Å². The lowest BCUT2D eigenvalue weighted by Gasteiger charge is -2.36. The standard InChI is InChI=1S/C22H27ClN4OS/c1-3-29-19-8-9-21-24-22(17-4-6-18(23)7-5-17)20(27(21)14-19)15-25-10-12-26(13-11-25)16(2)28/h4-9,14,21,24H,3,10-13,15H2,1-2H3. The highest BCUT2D eigenvalue weighted by Crippen LogP contribution is 2.34. The Kier molecular flexibility index (Phi) is 6.23. The largest absolute Gasteiger partial charge is 0.360 e. The number of halogens is 1. The van der Waals surface area contributed by atoms with Gasteiger partial charge in [0.15, 0.2) is 0 Å². The highest BCUT2D eigenvalue weighted by molar-refractivity contribution is 8.03. The van der Waals surface area contributed by atoms with Crippen LogP contribution in [0.3, 0.4) is 0 Å². The van der Waals surface area contributed by atoms with Crippen LogP contribution in [-0.2, 0) is 4.79 Å². The summed E-state index contributed by atoms with van der Waals surface area (Å²) in [5.74, 6) is 1.22. The fraction of sp³-hybridized carbons (Fsp3) is 0.409. The van der Waals surface area contributed by atoms with E-state index in [1.165, 1.54) is 10.6 Å². The SMILES string of the molecule is CCSC1=CN2C(CN3CCN(C(C)=O)CC3)=C(c3ccc(Cl)cc3)NC2C=C1. The molecule has 0 saturated carbocycles. The highest BCUT2D eigenvalue weighted by Gasteiger charge is 2.33. The average Bonchev–Trinajstić information content (AvgIpc) is 3.07. The number of nitrogens with one attached hydrogen (secondary N) is 1. The van der Waals surface area contributed by atoms with E-state index in [-0.39, 0.29) is 12.1 Å². The van der Waals surface area contributed by atoms with Crippen molar-refractivity contribution in [2.45, 2.75) is 20.0 Å². The number of nitrogens with zero attached hydrogens (tertiary/aromatic N) is 3. The number of allylic oxidation sites excluding steroid dienone is 1. The molecule has 0 aromatic heterocycles. The molecule has 29 heavy (non-hydrogen) atoms. The van der Waals surface area contributed by atoms with Crippen molar-refractivity contribution in [3.63, 3.8) is 0 Å². The second-order valence-electron chi connectivity index (χ2n) is 7.43. The minimum atomic E-state index is 0.135. The van der Waals surface area contributed by atoms with Gasteiger partial charge in [0.25, 0.3) is 0 Å². The van der Waals surface area contributed by atoms with Gasteiger partial charge in [-0.25, -0.2) is 0 Å². The van der Waals surface area contributed by atoms with Crippen LogP contribution >= 0.6 is 23.4 Å². The lowest BCUT2D eigenvalue weighted by molar-refractivity contribution is -0.130. The van der Waals surface area contributed by atoms with Crippen LogP contribution in [0.15, 0.2) is 53.2 Å². The lowest BCUT2D eigenvalue weighted by Crippen LogP contribution is -2.49. The van der Waals surface area contributed by atoms with Crippen molar-refractivity contribution in [2.24, 2.45) is 0 Å². The molecular formula is C22H27ClN4OS. The first kappa shape index (κ1) is 20.4. The van der Waals surface area contributed by atoms with Gasteiger partial charge in [-0.1, -0.05) is 30.7 Å². The van der Waals surface area contributed by atoms with Gasteiger partial charge in [0.1, 0.15) is 6.17 Å². The molecule has 7 heteroatoms. The molecule has 1 N–H and O–H groups in total. The molecule has 4 rings (SSSR count). The smallest absolute Gasteiger partial charge is 0.219 e. The number of fused-ring (bicyclic) bond motifs is 1. The summed E-state index contributed by atoms with van der Waals surface area (Å²) in [6.45, 7) is 8.06. The van der Waals surface area contributed by atoms with Crippen molar-refractivity contribution >= 4 is 35.0 Å². The molecule has 1 amide bonds. The minimum Gasteiger partial charge on any atom is -0.360 e. The highest BCUT2D eigenvalue weighted by atomic mass is 35.5. The quantitative estimate of drug-likeness (QED) is 0.773.